The number of esters is 1. The van der Waals surface area contributed by atoms with Crippen molar-refractivity contribution < 1.29 is 23.0 Å². The molecule has 2 aromatic carbocycles. The van der Waals surface area contributed by atoms with E-state index in [2.05, 4.69) is 4.98 Å². The Hall–Kier alpha value is -2.90. The van der Waals surface area contributed by atoms with Gasteiger partial charge >= 0.3 is 5.97 Å². The van der Waals surface area contributed by atoms with Crippen molar-refractivity contribution in [2.24, 2.45) is 0 Å². The first kappa shape index (κ1) is 21.8. The van der Waals surface area contributed by atoms with Crippen LogP contribution in [-0.4, -0.2) is 18.1 Å². The van der Waals surface area contributed by atoms with Crippen molar-refractivity contribution in [3.05, 3.63) is 86.7 Å². The first-order chi connectivity index (χ1) is 14.3. The summed E-state index contributed by atoms with van der Waals surface area (Å²) in [6, 6.07) is 11.7. The molecule has 3 aromatic rings. The van der Waals surface area contributed by atoms with Crippen LogP contribution in [0.3, 0.4) is 0 Å². The zero-order chi connectivity index (χ0) is 21.8. The molecule has 0 saturated carbocycles. The monoisotopic (exact) mass is 452 g/mol. The summed E-state index contributed by atoms with van der Waals surface area (Å²) < 4.78 is 39.3. The molecule has 0 bridgehead atoms. The summed E-state index contributed by atoms with van der Waals surface area (Å²) >= 11 is 11.9. The van der Waals surface area contributed by atoms with E-state index in [0.29, 0.717) is 0 Å². The fourth-order valence-electron chi connectivity index (χ4n) is 2.73. The normalized spacial score (nSPS) is 10.7. The molecule has 0 radical (unpaired) electrons. The molecule has 1 aromatic heterocycles. The van der Waals surface area contributed by atoms with Gasteiger partial charge in [-0.15, -0.1) is 0 Å². The Labute approximate surface area is 181 Å². The van der Waals surface area contributed by atoms with Gasteiger partial charge in [-0.3, -0.25) is 0 Å². The lowest BCUT2D eigenvalue weighted by atomic mass is 10.1. The van der Waals surface area contributed by atoms with Crippen LogP contribution in [0.2, 0.25) is 10.0 Å². The number of carbonyl (C=O) groups is 1. The maximum absolute atomic E-state index is 14.6. The number of aromatic nitrogens is 1. The maximum Gasteiger partial charge on any atom is 0.358 e. The van der Waals surface area contributed by atoms with Crippen molar-refractivity contribution in [3.8, 4) is 5.75 Å². The van der Waals surface area contributed by atoms with E-state index >= 15 is 0 Å². The van der Waals surface area contributed by atoms with Gasteiger partial charge in [0.05, 0.1) is 28.5 Å². The number of methoxy groups -OCH3 is 1. The van der Waals surface area contributed by atoms with E-state index in [1.165, 1.54) is 19.2 Å². The maximum atomic E-state index is 14.6. The topological polar surface area (TPSA) is 74.4 Å². The van der Waals surface area contributed by atoms with Crippen molar-refractivity contribution in [1.29, 1.82) is 0 Å². The molecular formula is C21H16Cl2F2N2O3. The highest BCUT2D eigenvalue weighted by Gasteiger charge is 2.24. The first-order valence-electron chi connectivity index (χ1n) is 8.68. The van der Waals surface area contributed by atoms with Crippen LogP contribution < -0.4 is 10.5 Å². The summed E-state index contributed by atoms with van der Waals surface area (Å²) in [6.07, 6.45) is -0.314. The summed E-state index contributed by atoms with van der Waals surface area (Å²) in [5, 5.41) is -0.309. The van der Waals surface area contributed by atoms with Crippen LogP contribution in [0.5, 0.6) is 5.75 Å². The molecule has 0 amide bonds. The molecule has 1 heterocycles. The molecule has 0 aliphatic carbocycles. The third kappa shape index (κ3) is 4.47. The predicted molar refractivity (Wildman–Crippen MR) is 110 cm³/mol. The van der Waals surface area contributed by atoms with Crippen molar-refractivity contribution in [2.45, 2.75) is 13.0 Å². The van der Waals surface area contributed by atoms with E-state index in [4.69, 9.17) is 38.4 Å². The van der Waals surface area contributed by atoms with Crippen molar-refractivity contribution >= 4 is 34.9 Å². The van der Waals surface area contributed by atoms with Gasteiger partial charge < -0.3 is 15.2 Å². The van der Waals surface area contributed by atoms with Gasteiger partial charge in [-0.05, 0) is 17.2 Å². The Balaban J connectivity index is 1.91. The quantitative estimate of drug-likeness (QED) is 0.519. The molecule has 0 aliphatic rings. The molecule has 30 heavy (non-hydrogen) atoms. The number of rotatable bonds is 6. The number of nitrogens with zero attached hydrogens (tertiary/aromatic N) is 1. The van der Waals surface area contributed by atoms with Crippen molar-refractivity contribution in [3.63, 3.8) is 0 Å². The second-order valence-corrected chi connectivity index (χ2v) is 7.03. The van der Waals surface area contributed by atoms with Gasteiger partial charge in [0.2, 0.25) is 0 Å². The number of halogens is 4. The second-order valence-electron chi connectivity index (χ2n) is 6.24. The van der Waals surface area contributed by atoms with Crippen LogP contribution in [0.25, 0.3) is 0 Å². The smallest absolute Gasteiger partial charge is 0.358 e. The lowest BCUT2D eigenvalue weighted by Gasteiger charge is -2.13. The average molecular weight is 453 g/mol. The molecule has 3 rings (SSSR count). The standard InChI is InChI=1S/C21H16Cl2F2N2O3/c1-29-20-13(22)8-7-12(16(20)24)9-14-17(25)18(26)15(23)19(27-14)21(28)30-10-11-5-3-2-4-6-11/h2-8H,9-10H2,1H3,(H2,26,27). The highest BCUT2D eigenvalue weighted by atomic mass is 35.5. The molecule has 0 atom stereocenters. The van der Waals surface area contributed by atoms with E-state index < -0.39 is 23.3 Å². The van der Waals surface area contributed by atoms with Crippen LogP contribution in [0.1, 0.15) is 27.3 Å². The number of benzene rings is 2. The van der Waals surface area contributed by atoms with Gasteiger partial charge in [0.25, 0.3) is 0 Å². The van der Waals surface area contributed by atoms with E-state index in [0.717, 1.165) is 5.56 Å². The fraction of sp³-hybridized carbons (Fsp3) is 0.143. The molecule has 5 nitrogen and oxygen atoms in total. The zero-order valence-corrected chi connectivity index (χ0v) is 17.2. The first-order valence-corrected chi connectivity index (χ1v) is 9.44. The number of nitrogen functional groups attached to an aromatic ring is 1. The lowest BCUT2D eigenvalue weighted by Crippen LogP contribution is -2.14. The van der Waals surface area contributed by atoms with E-state index in [1.807, 2.05) is 6.07 Å². The molecular weight excluding hydrogens is 437 g/mol. The van der Waals surface area contributed by atoms with Gasteiger partial charge in [0, 0.05) is 6.42 Å². The Kier molecular flexibility index (Phi) is 6.74. The molecule has 9 heteroatoms. The molecule has 0 aliphatic heterocycles. The molecule has 0 saturated heterocycles. The largest absolute Gasteiger partial charge is 0.492 e. The summed E-state index contributed by atoms with van der Waals surface area (Å²) in [6.45, 7) is -0.0344. The minimum Gasteiger partial charge on any atom is -0.492 e. The molecule has 0 spiro atoms. The minimum atomic E-state index is -0.951. The average Bonchev–Trinajstić information content (AvgIpc) is 2.75. The second kappa shape index (κ2) is 9.28. The zero-order valence-electron chi connectivity index (χ0n) is 15.7. The predicted octanol–water partition coefficient (Wildman–Crippen LogP) is 5.21. The fourth-order valence-corrected chi connectivity index (χ4v) is 3.16. The Morgan fingerprint density at radius 3 is 2.47 bits per heavy atom. The van der Waals surface area contributed by atoms with Crippen LogP contribution >= 0.6 is 23.2 Å². The summed E-state index contributed by atoms with van der Waals surface area (Å²) in [5.74, 6) is -2.79. The molecule has 2 N–H and O–H groups in total. The van der Waals surface area contributed by atoms with Gasteiger partial charge in [-0.25, -0.2) is 18.6 Å². The molecule has 156 valence electrons. The SMILES string of the molecule is COc1c(Cl)ccc(Cc2nc(C(=O)OCc3ccccc3)c(Cl)c(N)c2F)c1F. The van der Waals surface area contributed by atoms with Crippen LogP contribution in [0.4, 0.5) is 14.5 Å². The highest BCUT2D eigenvalue weighted by molar-refractivity contribution is 6.35. The number of carbonyl (C=O) groups excluding carboxylic acids is 1. The van der Waals surface area contributed by atoms with E-state index in [9.17, 15) is 13.6 Å². The van der Waals surface area contributed by atoms with Crippen LogP contribution in [0.15, 0.2) is 42.5 Å². The summed E-state index contributed by atoms with van der Waals surface area (Å²) in [5.41, 5.74) is 5.39. The molecule has 0 unspecified atom stereocenters. The van der Waals surface area contributed by atoms with Gasteiger partial charge in [-0.1, -0.05) is 59.6 Å². The summed E-state index contributed by atoms with van der Waals surface area (Å²) in [4.78, 5) is 16.4. The van der Waals surface area contributed by atoms with Crippen LogP contribution in [0, 0.1) is 11.6 Å². The molecule has 0 fully saturated rings. The Bertz CT molecular complexity index is 1100. The van der Waals surface area contributed by atoms with E-state index in [1.54, 1.807) is 24.3 Å². The van der Waals surface area contributed by atoms with Gasteiger partial charge in [0.1, 0.15) is 6.61 Å². The third-order valence-corrected chi connectivity index (χ3v) is 4.96. The lowest BCUT2D eigenvalue weighted by molar-refractivity contribution is 0.0465. The number of nitrogens with two attached hydrogens (primary N) is 1. The minimum absolute atomic E-state index is 0.0344. The third-order valence-electron chi connectivity index (χ3n) is 4.28. The van der Waals surface area contributed by atoms with Crippen molar-refractivity contribution in [1.82, 2.24) is 4.98 Å². The number of hydrogen-bond acceptors (Lipinski definition) is 5. The Morgan fingerprint density at radius 1 is 1.10 bits per heavy atom. The van der Waals surface area contributed by atoms with Crippen LogP contribution in [-0.2, 0) is 17.8 Å². The van der Waals surface area contributed by atoms with E-state index in [-0.39, 0.29) is 45.8 Å². The van der Waals surface area contributed by atoms with Crippen molar-refractivity contribution in [2.75, 3.05) is 12.8 Å². The number of ether oxygens (including phenoxy) is 2. The summed E-state index contributed by atoms with van der Waals surface area (Å²) in [7, 11) is 1.26. The van der Waals surface area contributed by atoms with Gasteiger partial charge in [-0.2, -0.15) is 0 Å². The highest BCUT2D eigenvalue weighted by Crippen LogP contribution is 2.33. The number of hydrogen-bond donors (Lipinski definition) is 1. The van der Waals surface area contributed by atoms with Gasteiger partial charge in [0.15, 0.2) is 23.1 Å². The number of pyridine rings is 1. The number of anilines is 1. The Morgan fingerprint density at radius 2 is 1.80 bits per heavy atom.